The Hall–Kier alpha value is -0.850. The minimum absolute atomic E-state index is 0.238. The first-order valence-electron chi connectivity index (χ1n) is 6.26. The Bertz CT molecular complexity index is 764. The van der Waals surface area contributed by atoms with Gasteiger partial charge in [0, 0.05) is 19.0 Å². The first-order chi connectivity index (χ1) is 9.56. The zero-order valence-electron chi connectivity index (χ0n) is 10.9. The van der Waals surface area contributed by atoms with E-state index in [0.717, 1.165) is 32.3 Å². The van der Waals surface area contributed by atoms with Crippen LogP contribution in [0.25, 0.3) is 11.0 Å². The Kier molecular flexibility index (Phi) is 3.88. The molecule has 2 nitrogen and oxygen atoms in total. The first kappa shape index (κ1) is 14.1. The lowest BCUT2D eigenvalue weighted by Gasteiger charge is -2.10. The SMILES string of the molecule is Cc1c(C(N)c2ccc(I)cc2)oc2cc(Br)ccc12. The predicted octanol–water partition coefficient (Wildman–Crippen LogP) is 5.16. The lowest BCUT2D eigenvalue weighted by Crippen LogP contribution is -2.11. The van der Waals surface area contributed by atoms with Crippen LogP contribution in [0.1, 0.15) is 22.9 Å². The topological polar surface area (TPSA) is 39.2 Å². The Morgan fingerprint density at radius 2 is 1.85 bits per heavy atom. The molecular formula is C16H13BrINO. The van der Waals surface area contributed by atoms with Crippen molar-refractivity contribution in [3.63, 3.8) is 0 Å². The van der Waals surface area contributed by atoms with Gasteiger partial charge in [-0.2, -0.15) is 0 Å². The molecule has 0 saturated heterocycles. The second-order valence-electron chi connectivity index (χ2n) is 4.76. The molecule has 0 saturated carbocycles. The van der Waals surface area contributed by atoms with Crippen molar-refractivity contribution in [1.29, 1.82) is 0 Å². The van der Waals surface area contributed by atoms with Crippen LogP contribution in [0.5, 0.6) is 0 Å². The molecule has 0 spiro atoms. The summed E-state index contributed by atoms with van der Waals surface area (Å²) in [5.74, 6) is 0.833. The predicted molar refractivity (Wildman–Crippen MR) is 93.8 cm³/mol. The molecule has 0 aliphatic rings. The van der Waals surface area contributed by atoms with E-state index in [-0.39, 0.29) is 6.04 Å². The molecule has 102 valence electrons. The number of halogens is 2. The highest BCUT2D eigenvalue weighted by Gasteiger charge is 2.18. The van der Waals surface area contributed by atoms with E-state index < -0.39 is 0 Å². The molecule has 0 amide bonds. The zero-order valence-corrected chi connectivity index (χ0v) is 14.6. The van der Waals surface area contributed by atoms with Crippen LogP contribution in [-0.4, -0.2) is 0 Å². The summed E-state index contributed by atoms with van der Waals surface area (Å²) in [6.45, 7) is 2.06. The number of benzene rings is 2. The number of hydrogen-bond donors (Lipinski definition) is 1. The summed E-state index contributed by atoms with van der Waals surface area (Å²) in [6, 6.07) is 14.0. The number of nitrogens with two attached hydrogens (primary N) is 1. The van der Waals surface area contributed by atoms with Gasteiger partial charge in [-0.05, 0) is 65.4 Å². The minimum atomic E-state index is -0.238. The van der Waals surface area contributed by atoms with Gasteiger partial charge in [0.1, 0.15) is 11.3 Å². The van der Waals surface area contributed by atoms with Crippen LogP contribution in [0.4, 0.5) is 0 Å². The summed E-state index contributed by atoms with van der Waals surface area (Å²) in [5, 5.41) is 1.11. The standard InChI is InChI=1S/C16H13BrINO/c1-9-13-7-4-11(17)8-14(13)20-16(9)15(19)10-2-5-12(18)6-3-10/h2-8,15H,19H2,1H3. The summed E-state index contributed by atoms with van der Waals surface area (Å²) in [4.78, 5) is 0. The summed E-state index contributed by atoms with van der Waals surface area (Å²) in [6.07, 6.45) is 0. The highest BCUT2D eigenvalue weighted by molar-refractivity contribution is 14.1. The summed E-state index contributed by atoms with van der Waals surface area (Å²) < 4.78 is 8.17. The molecule has 3 rings (SSSR count). The number of aryl methyl sites for hydroxylation is 1. The van der Waals surface area contributed by atoms with Crippen molar-refractivity contribution in [2.75, 3.05) is 0 Å². The molecule has 1 unspecified atom stereocenters. The van der Waals surface area contributed by atoms with Gasteiger partial charge >= 0.3 is 0 Å². The lowest BCUT2D eigenvalue weighted by atomic mass is 10.0. The van der Waals surface area contributed by atoms with E-state index >= 15 is 0 Å². The molecule has 3 aromatic rings. The van der Waals surface area contributed by atoms with E-state index in [9.17, 15) is 0 Å². The van der Waals surface area contributed by atoms with Gasteiger partial charge in [0.25, 0.3) is 0 Å². The smallest absolute Gasteiger partial charge is 0.135 e. The largest absolute Gasteiger partial charge is 0.459 e. The first-order valence-corrected chi connectivity index (χ1v) is 8.13. The molecule has 0 bridgehead atoms. The third kappa shape index (κ3) is 2.52. The van der Waals surface area contributed by atoms with Crippen molar-refractivity contribution in [2.45, 2.75) is 13.0 Å². The van der Waals surface area contributed by atoms with Gasteiger partial charge in [-0.25, -0.2) is 0 Å². The van der Waals surface area contributed by atoms with E-state index in [1.807, 2.05) is 12.1 Å². The Morgan fingerprint density at radius 3 is 2.55 bits per heavy atom. The minimum Gasteiger partial charge on any atom is -0.459 e. The number of rotatable bonds is 2. The molecule has 20 heavy (non-hydrogen) atoms. The molecule has 1 aromatic heterocycles. The van der Waals surface area contributed by atoms with Gasteiger partial charge in [-0.3, -0.25) is 0 Å². The van der Waals surface area contributed by atoms with E-state index in [1.54, 1.807) is 0 Å². The molecule has 1 atom stereocenters. The van der Waals surface area contributed by atoms with Gasteiger partial charge in [0.15, 0.2) is 0 Å². The molecule has 0 radical (unpaired) electrons. The van der Waals surface area contributed by atoms with Crippen LogP contribution >= 0.6 is 38.5 Å². The van der Waals surface area contributed by atoms with E-state index in [4.69, 9.17) is 10.2 Å². The maximum absolute atomic E-state index is 6.36. The second-order valence-corrected chi connectivity index (χ2v) is 6.92. The Labute approximate surface area is 139 Å². The van der Waals surface area contributed by atoms with Crippen molar-refractivity contribution in [2.24, 2.45) is 5.73 Å². The van der Waals surface area contributed by atoms with Crippen molar-refractivity contribution >= 4 is 49.5 Å². The van der Waals surface area contributed by atoms with Gasteiger partial charge in [-0.1, -0.05) is 28.1 Å². The van der Waals surface area contributed by atoms with E-state index in [0.29, 0.717) is 0 Å². The highest BCUT2D eigenvalue weighted by Crippen LogP contribution is 2.33. The third-order valence-electron chi connectivity index (χ3n) is 3.45. The van der Waals surface area contributed by atoms with Crippen molar-refractivity contribution < 1.29 is 4.42 Å². The summed E-state index contributed by atoms with van der Waals surface area (Å²) in [7, 11) is 0. The van der Waals surface area contributed by atoms with Gasteiger partial charge in [-0.15, -0.1) is 0 Å². The van der Waals surface area contributed by atoms with Crippen LogP contribution in [0, 0.1) is 10.5 Å². The number of fused-ring (bicyclic) bond motifs is 1. The van der Waals surface area contributed by atoms with Crippen molar-refractivity contribution in [3.05, 3.63) is 67.4 Å². The molecular weight excluding hydrogens is 429 g/mol. The molecule has 1 heterocycles. The highest BCUT2D eigenvalue weighted by atomic mass is 127. The van der Waals surface area contributed by atoms with Crippen molar-refractivity contribution in [3.8, 4) is 0 Å². The molecule has 2 aromatic carbocycles. The normalized spacial score (nSPS) is 12.8. The third-order valence-corrected chi connectivity index (χ3v) is 4.66. The Morgan fingerprint density at radius 1 is 1.15 bits per heavy atom. The number of furan rings is 1. The number of hydrogen-bond acceptors (Lipinski definition) is 2. The fraction of sp³-hybridized carbons (Fsp3) is 0.125. The van der Waals surface area contributed by atoms with Crippen LogP contribution in [-0.2, 0) is 0 Å². The molecule has 2 N–H and O–H groups in total. The maximum Gasteiger partial charge on any atom is 0.135 e. The fourth-order valence-electron chi connectivity index (χ4n) is 2.34. The van der Waals surface area contributed by atoms with Crippen LogP contribution < -0.4 is 5.73 Å². The molecule has 0 fully saturated rings. The average molecular weight is 442 g/mol. The summed E-state index contributed by atoms with van der Waals surface area (Å²) in [5.41, 5.74) is 9.40. The quantitative estimate of drug-likeness (QED) is 0.558. The van der Waals surface area contributed by atoms with Gasteiger partial charge in [0.05, 0.1) is 6.04 Å². The van der Waals surface area contributed by atoms with E-state index in [2.05, 4.69) is 75.8 Å². The second kappa shape index (κ2) is 5.50. The molecule has 4 heteroatoms. The lowest BCUT2D eigenvalue weighted by molar-refractivity contribution is 0.521. The van der Waals surface area contributed by atoms with Crippen molar-refractivity contribution in [1.82, 2.24) is 0 Å². The van der Waals surface area contributed by atoms with Crippen LogP contribution in [0.15, 0.2) is 51.4 Å². The average Bonchev–Trinajstić information content (AvgIpc) is 2.75. The fourth-order valence-corrected chi connectivity index (χ4v) is 3.04. The molecule has 0 aliphatic heterocycles. The summed E-state index contributed by atoms with van der Waals surface area (Å²) >= 11 is 5.75. The zero-order chi connectivity index (χ0) is 14.3. The van der Waals surface area contributed by atoms with Crippen LogP contribution in [0.3, 0.4) is 0 Å². The monoisotopic (exact) mass is 441 g/mol. The van der Waals surface area contributed by atoms with E-state index in [1.165, 1.54) is 3.57 Å². The Balaban J connectivity index is 2.09. The molecule has 0 aliphatic carbocycles. The van der Waals surface area contributed by atoms with Gasteiger partial charge < -0.3 is 10.2 Å². The van der Waals surface area contributed by atoms with Crippen LogP contribution in [0.2, 0.25) is 0 Å². The maximum atomic E-state index is 6.36. The van der Waals surface area contributed by atoms with Gasteiger partial charge in [0.2, 0.25) is 0 Å².